The SMILES string of the molecule is COC(=O)CC(=O)CCCCCc1cccs1. The van der Waals surface area contributed by atoms with Gasteiger partial charge in [-0.3, -0.25) is 9.59 Å². The molecule has 0 amide bonds. The number of methoxy groups -OCH3 is 1. The smallest absolute Gasteiger partial charge is 0.313 e. The zero-order valence-corrected chi connectivity index (χ0v) is 10.9. The molecule has 0 saturated carbocycles. The van der Waals surface area contributed by atoms with E-state index in [0.717, 1.165) is 25.7 Å². The zero-order chi connectivity index (χ0) is 12.5. The maximum atomic E-state index is 11.3. The first-order valence-corrected chi connectivity index (χ1v) is 6.71. The molecular weight excluding hydrogens is 236 g/mol. The van der Waals surface area contributed by atoms with Gasteiger partial charge in [0.2, 0.25) is 0 Å². The summed E-state index contributed by atoms with van der Waals surface area (Å²) in [6.45, 7) is 0. The summed E-state index contributed by atoms with van der Waals surface area (Å²) in [6, 6.07) is 4.19. The Labute approximate surface area is 106 Å². The van der Waals surface area contributed by atoms with Crippen LogP contribution in [-0.2, 0) is 20.7 Å². The van der Waals surface area contributed by atoms with E-state index in [2.05, 4.69) is 22.2 Å². The number of carbonyl (C=O) groups is 2. The van der Waals surface area contributed by atoms with Gasteiger partial charge in [0.25, 0.3) is 0 Å². The van der Waals surface area contributed by atoms with Gasteiger partial charge in [0.05, 0.1) is 7.11 Å². The van der Waals surface area contributed by atoms with E-state index in [9.17, 15) is 9.59 Å². The van der Waals surface area contributed by atoms with E-state index in [-0.39, 0.29) is 12.2 Å². The molecule has 0 aromatic carbocycles. The van der Waals surface area contributed by atoms with Gasteiger partial charge in [-0.25, -0.2) is 0 Å². The predicted molar refractivity (Wildman–Crippen MR) is 68.1 cm³/mol. The second-order valence-electron chi connectivity index (χ2n) is 3.93. The Balaban J connectivity index is 2.00. The highest BCUT2D eigenvalue weighted by atomic mass is 32.1. The van der Waals surface area contributed by atoms with E-state index >= 15 is 0 Å². The van der Waals surface area contributed by atoms with E-state index in [1.54, 1.807) is 11.3 Å². The summed E-state index contributed by atoms with van der Waals surface area (Å²) >= 11 is 1.77. The Bertz CT molecular complexity index is 344. The number of hydrogen-bond donors (Lipinski definition) is 0. The standard InChI is InChI=1S/C13H18O3S/c1-16-13(15)10-11(14)6-3-2-4-7-12-8-5-9-17-12/h5,8-9H,2-4,6-7,10H2,1H3. The third-order valence-corrected chi connectivity index (χ3v) is 3.46. The molecule has 0 spiro atoms. The topological polar surface area (TPSA) is 43.4 Å². The van der Waals surface area contributed by atoms with Crippen LogP contribution in [0.3, 0.4) is 0 Å². The summed E-state index contributed by atoms with van der Waals surface area (Å²) < 4.78 is 4.44. The van der Waals surface area contributed by atoms with Crippen molar-refractivity contribution in [1.82, 2.24) is 0 Å². The first kappa shape index (κ1) is 13.9. The number of hydrogen-bond acceptors (Lipinski definition) is 4. The van der Waals surface area contributed by atoms with Crippen LogP contribution >= 0.6 is 11.3 Å². The lowest BCUT2D eigenvalue weighted by Gasteiger charge is -2.00. The predicted octanol–water partition coefficient (Wildman–Crippen LogP) is 2.98. The summed E-state index contributed by atoms with van der Waals surface area (Å²) in [5.41, 5.74) is 0. The Morgan fingerprint density at radius 1 is 1.29 bits per heavy atom. The Morgan fingerprint density at radius 3 is 2.76 bits per heavy atom. The van der Waals surface area contributed by atoms with Crippen LogP contribution in [0.4, 0.5) is 0 Å². The number of esters is 1. The third kappa shape index (κ3) is 6.22. The molecule has 0 N–H and O–H groups in total. The van der Waals surface area contributed by atoms with Crippen molar-refractivity contribution in [2.45, 2.75) is 38.5 Å². The van der Waals surface area contributed by atoms with Crippen molar-refractivity contribution in [3.05, 3.63) is 22.4 Å². The quantitative estimate of drug-likeness (QED) is 0.407. The molecular formula is C13H18O3S. The van der Waals surface area contributed by atoms with Gasteiger partial charge in [-0.2, -0.15) is 0 Å². The lowest BCUT2D eigenvalue weighted by molar-refractivity contribution is -0.143. The van der Waals surface area contributed by atoms with Crippen LogP contribution in [0, 0.1) is 0 Å². The number of unbranched alkanes of at least 4 members (excludes halogenated alkanes) is 2. The van der Waals surface area contributed by atoms with Crippen LogP contribution in [0.1, 0.15) is 37.0 Å². The minimum Gasteiger partial charge on any atom is -0.469 e. The number of ether oxygens (including phenoxy) is 1. The summed E-state index contributed by atoms with van der Waals surface area (Å²) in [7, 11) is 1.30. The number of rotatable bonds is 8. The Hall–Kier alpha value is -1.16. The van der Waals surface area contributed by atoms with Gasteiger partial charge in [-0.15, -0.1) is 11.3 Å². The molecule has 0 radical (unpaired) electrons. The van der Waals surface area contributed by atoms with Gasteiger partial charge in [-0.1, -0.05) is 12.5 Å². The van der Waals surface area contributed by atoms with Gasteiger partial charge >= 0.3 is 5.97 Å². The monoisotopic (exact) mass is 254 g/mol. The average molecular weight is 254 g/mol. The fourth-order valence-corrected chi connectivity index (χ4v) is 2.33. The summed E-state index contributed by atoms with van der Waals surface area (Å²) in [6.07, 6.45) is 4.49. The lowest BCUT2D eigenvalue weighted by Crippen LogP contribution is -2.08. The van der Waals surface area contributed by atoms with E-state index in [1.807, 2.05) is 0 Å². The fraction of sp³-hybridized carbons (Fsp3) is 0.538. The molecule has 0 aliphatic heterocycles. The van der Waals surface area contributed by atoms with Crippen LogP contribution < -0.4 is 0 Å². The zero-order valence-electron chi connectivity index (χ0n) is 10.1. The molecule has 0 fully saturated rings. The van der Waals surface area contributed by atoms with Gasteiger partial charge in [-0.05, 0) is 30.7 Å². The van der Waals surface area contributed by atoms with Crippen molar-refractivity contribution >= 4 is 23.1 Å². The molecule has 94 valence electrons. The van der Waals surface area contributed by atoms with Crippen LogP contribution in [0.2, 0.25) is 0 Å². The molecule has 1 rings (SSSR count). The molecule has 0 saturated heterocycles. The van der Waals surface area contributed by atoms with Crippen molar-refractivity contribution < 1.29 is 14.3 Å². The minimum atomic E-state index is -0.436. The highest BCUT2D eigenvalue weighted by Crippen LogP contribution is 2.13. The van der Waals surface area contributed by atoms with Crippen molar-refractivity contribution in [3.8, 4) is 0 Å². The van der Waals surface area contributed by atoms with Crippen molar-refractivity contribution in [1.29, 1.82) is 0 Å². The largest absolute Gasteiger partial charge is 0.469 e. The number of carbonyl (C=O) groups excluding carboxylic acids is 2. The number of thiophene rings is 1. The molecule has 3 nitrogen and oxygen atoms in total. The Morgan fingerprint density at radius 2 is 2.12 bits per heavy atom. The van der Waals surface area contributed by atoms with Crippen molar-refractivity contribution in [2.75, 3.05) is 7.11 Å². The lowest BCUT2D eigenvalue weighted by atomic mass is 10.1. The van der Waals surface area contributed by atoms with E-state index < -0.39 is 5.97 Å². The molecule has 1 aromatic rings. The normalized spacial score (nSPS) is 10.2. The molecule has 0 aliphatic carbocycles. The van der Waals surface area contributed by atoms with Crippen LogP contribution in [0.25, 0.3) is 0 Å². The highest BCUT2D eigenvalue weighted by molar-refractivity contribution is 7.09. The number of Topliss-reactive ketones (excluding diaryl/α,β-unsaturated/α-hetero) is 1. The average Bonchev–Trinajstić information content (AvgIpc) is 2.81. The first-order valence-electron chi connectivity index (χ1n) is 5.83. The van der Waals surface area contributed by atoms with Gasteiger partial charge in [0, 0.05) is 11.3 Å². The van der Waals surface area contributed by atoms with E-state index in [4.69, 9.17) is 0 Å². The van der Waals surface area contributed by atoms with Crippen molar-refractivity contribution in [2.24, 2.45) is 0 Å². The summed E-state index contributed by atoms with van der Waals surface area (Å²) in [5.74, 6) is -0.457. The van der Waals surface area contributed by atoms with E-state index in [1.165, 1.54) is 12.0 Å². The molecule has 0 unspecified atom stereocenters. The number of aryl methyl sites for hydroxylation is 1. The second-order valence-corrected chi connectivity index (χ2v) is 4.96. The molecule has 0 aliphatic rings. The molecule has 1 heterocycles. The van der Waals surface area contributed by atoms with Gasteiger partial charge < -0.3 is 4.74 Å². The minimum absolute atomic E-state index is 0.0204. The molecule has 4 heteroatoms. The molecule has 17 heavy (non-hydrogen) atoms. The van der Waals surface area contributed by atoms with Crippen LogP contribution in [-0.4, -0.2) is 18.9 Å². The molecule has 0 atom stereocenters. The van der Waals surface area contributed by atoms with Gasteiger partial charge in [0.1, 0.15) is 12.2 Å². The maximum absolute atomic E-state index is 11.3. The molecule has 0 bridgehead atoms. The van der Waals surface area contributed by atoms with Crippen LogP contribution in [0.15, 0.2) is 17.5 Å². The fourth-order valence-electron chi connectivity index (χ4n) is 1.57. The second kappa shape index (κ2) is 8.01. The maximum Gasteiger partial charge on any atom is 0.313 e. The van der Waals surface area contributed by atoms with Crippen molar-refractivity contribution in [3.63, 3.8) is 0 Å². The van der Waals surface area contributed by atoms with E-state index in [0.29, 0.717) is 6.42 Å². The number of ketones is 1. The Kier molecular flexibility index (Phi) is 6.55. The summed E-state index contributed by atoms with van der Waals surface area (Å²) in [4.78, 5) is 23.5. The van der Waals surface area contributed by atoms with Gasteiger partial charge in [0.15, 0.2) is 0 Å². The van der Waals surface area contributed by atoms with Crippen LogP contribution in [0.5, 0.6) is 0 Å². The first-order chi connectivity index (χ1) is 8.22. The third-order valence-electron chi connectivity index (χ3n) is 2.53. The summed E-state index contributed by atoms with van der Waals surface area (Å²) in [5, 5.41) is 2.08. The molecule has 1 aromatic heterocycles. The highest BCUT2D eigenvalue weighted by Gasteiger charge is 2.08.